The molecule has 0 bridgehead atoms. The number of anilines is 1. The van der Waals surface area contributed by atoms with Crippen LogP contribution in [0.3, 0.4) is 0 Å². The van der Waals surface area contributed by atoms with E-state index in [1.807, 2.05) is 0 Å². The Bertz CT molecular complexity index is 2070. The molecule has 15 heteroatoms. The second-order valence-corrected chi connectivity index (χ2v) is 12.2. The van der Waals surface area contributed by atoms with E-state index in [1.165, 1.54) is 30.5 Å². The van der Waals surface area contributed by atoms with Gasteiger partial charge in [-0.2, -0.15) is 0 Å². The van der Waals surface area contributed by atoms with E-state index in [9.17, 15) is 22.8 Å². The van der Waals surface area contributed by atoms with Crippen LogP contribution in [-0.4, -0.2) is 48.2 Å². The standard InChI is InChI=1S/C30H28ClN7O6S/c31-20-11-9-19-16-21(12-10-18(19)15-20)45(42,43)37-24-7-4-14-38(29(24)41)17-26(39)35-23(6-3-13-34-30(32)33)27(40)28-36-22-5-1-2-8-25(22)44-28/h1-2,4-5,7-12,14-16,23,37H,3,6,13,17H2,(H,35,39)(H4,32,33,34)/t23-/m0/s1. The zero-order valence-electron chi connectivity index (χ0n) is 23.6. The molecule has 3 aromatic carbocycles. The van der Waals surface area contributed by atoms with Gasteiger partial charge in [-0.3, -0.25) is 24.1 Å². The molecule has 6 N–H and O–H groups in total. The van der Waals surface area contributed by atoms with Crippen molar-refractivity contribution in [2.45, 2.75) is 30.3 Å². The lowest BCUT2D eigenvalue weighted by molar-refractivity contribution is -0.122. The van der Waals surface area contributed by atoms with Crippen molar-refractivity contribution in [1.29, 1.82) is 0 Å². The number of nitrogens with zero attached hydrogens (tertiary/aromatic N) is 3. The van der Waals surface area contributed by atoms with E-state index in [2.05, 4.69) is 20.0 Å². The first-order chi connectivity index (χ1) is 21.5. The molecule has 1 amide bonds. The van der Waals surface area contributed by atoms with E-state index in [0.29, 0.717) is 27.9 Å². The van der Waals surface area contributed by atoms with Gasteiger partial charge in [0.25, 0.3) is 21.5 Å². The van der Waals surface area contributed by atoms with Gasteiger partial charge in [-0.1, -0.05) is 35.9 Å². The fourth-order valence-electron chi connectivity index (χ4n) is 4.60. The number of carbonyl (C=O) groups is 2. The number of ketones is 1. The van der Waals surface area contributed by atoms with E-state index in [4.69, 9.17) is 27.5 Å². The van der Waals surface area contributed by atoms with Gasteiger partial charge in [-0.15, -0.1) is 0 Å². The van der Waals surface area contributed by atoms with Gasteiger partial charge in [0.15, 0.2) is 11.5 Å². The van der Waals surface area contributed by atoms with Gasteiger partial charge < -0.3 is 25.8 Å². The van der Waals surface area contributed by atoms with Gasteiger partial charge in [0.2, 0.25) is 11.7 Å². The smallest absolute Gasteiger partial charge is 0.275 e. The fourth-order valence-corrected chi connectivity index (χ4v) is 5.87. The van der Waals surface area contributed by atoms with E-state index < -0.39 is 39.9 Å². The summed E-state index contributed by atoms with van der Waals surface area (Å²) in [6.07, 6.45) is 1.82. The number of amides is 1. The lowest BCUT2D eigenvalue weighted by atomic mass is 10.1. The maximum Gasteiger partial charge on any atom is 0.275 e. The minimum atomic E-state index is -4.16. The molecule has 0 aliphatic carbocycles. The molecule has 232 valence electrons. The normalized spacial score (nSPS) is 12.1. The predicted octanol–water partition coefficient (Wildman–Crippen LogP) is 3.02. The number of halogens is 1. The van der Waals surface area contributed by atoms with Crippen LogP contribution in [0.1, 0.15) is 23.5 Å². The highest BCUT2D eigenvalue weighted by Gasteiger charge is 2.27. The molecule has 2 aromatic heterocycles. The Morgan fingerprint density at radius 3 is 2.56 bits per heavy atom. The highest BCUT2D eigenvalue weighted by Crippen LogP contribution is 2.24. The van der Waals surface area contributed by atoms with Crippen molar-refractivity contribution in [2.75, 3.05) is 11.3 Å². The number of fused-ring (bicyclic) bond motifs is 2. The maximum absolute atomic E-state index is 13.3. The Kier molecular flexibility index (Phi) is 9.16. The zero-order valence-corrected chi connectivity index (χ0v) is 25.2. The van der Waals surface area contributed by atoms with Crippen molar-refractivity contribution in [3.05, 3.63) is 100 Å². The molecule has 1 atom stereocenters. The Labute approximate surface area is 261 Å². The van der Waals surface area contributed by atoms with E-state index in [0.717, 1.165) is 9.95 Å². The number of para-hydroxylation sites is 2. The number of Topliss-reactive ketones (excluding diaryl/α,β-unsaturated/α-hetero) is 1. The molecule has 5 aromatic rings. The number of hydrogen-bond donors (Lipinski definition) is 4. The number of carbonyl (C=O) groups excluding carboxylic acids is 2. The summed E-state index contributed by atoms with van der Waals surface area (Å²) in [5.74, 6) is -1.55. The Balaban J connectivity index is 1.32. The van der Waals surface area contributed by atoms with Gasteiger partial charge in [0, 0.05) is 17.8 Å². The first kappa shape index (κ1) is 31.2. The Hall–Kier alpha value is -5.21. The molecule has 0 aliphatic rings. The molecule has 2 heterocycles. The first-order valence-corrected chi connectivity index (χ1v) is 15.5. The van der Waals surface area contributed by atoms with Crippen LogP contribution in [-0.2, 0) is 21.4 Å². The summed E-state index contributed by atoms with van der Waals surface area (Å²) >= 11 is 6.02. The van der Waals surface area contributed by atoms with Crippen molar-refractivity contribution in [2.24, 2.45) is 16.5 Å². The summed E-state index contributed by atoms with van der Waals surface area (Å²) < 4.78 is 35.2. The van der Waals surface area contributed by atoms with Crippen molar-refractivity contribution in [3.8, 4) is 0 Å². The minimum absolute atomic E-state index is 0.0638. The van der Waals surface area contributed by atoms with Crippen LogP contribution in [0, 0.1) is 0 Å². The van der Waals surface area contributed by atoms with Gasteiger partial charge in [-0.25, -0.2) is 13.4 Å². The molecule has 0 radical (unpaired) electrons. The van der Waals surface area contributed by atoms with Crippen LogP contribution in [0.4, 0.5) is 5.69 Å². The summed E-state index contributed by atoms with van der Waals surface area (Å²) in [5.41, 5.74) is 10.6. The lowest BCUT2D eigenvalue weighted by Gasteiger charge is -2.17. The average molecular weight is 650 g/mol. The number of nitrogens with one attached hydrogen (secondary N) is 2. The topological polar surface area (TPSA) is 205 Å². The molecule has 0 saturated heterocycles. The van der Waals surface area contributed by atoms with Crippen molar-refractivity contribution in [1.82, 2.24) is 14.9 Å². The molecular formula is C30H28ClN7O6S. The van der Waals surface area contributed by atoms with Crippen LogP contribution in [0.25, 0.3) is 21.9 Å². The molecule has 45 heavy (non-hydrogen) atoms. The molecule has 0 aliphatic heterocycles. The third kappa shape index (κ3) is 7.48. The molecule has 0 fully saturated rings. The molecule has 13 nitrogen and oxygen atoms in total. The highest BCUT2D eigenvalue weighted by molar-refractivity contribution is 7.92. The summed E-state index contributed by atoms with van der Waals surface area (Å²) in [7, 11) is -4.16. The average Bonchev–Trinajstić information content (AvgIpc) is 3.44. The Morgan fingerprint density at radius 1 is 1.02 bits per heavy atom. The van der Waals surface area contributed by atoms with E-state index in [1.54, 1.807) is 48.5 Å². The van der Waals surface area contributed by atoms with Gasteiger partial charge in [-0.05, 0) is 72.1 Å². The maximum atomic E-state index is 13.3. The number of pyridine rings is 1. The first-order valence-electron chi connectivity index (χ1n) is 13.7. The van der Waals surface area contributed by atoms with E-state index in [-0.39, 0.29) is 35.4 Å². The van der Waals surface area contributed by atoms with Crippen LogP contribution in [0.15, 0.2) is 98.1 Å². The molecular weight excluding hydrogens is 622 g/mol. The number of aromatic nitrogens is 2. The number of aliphatic imine (C=N–C) groups is 1. The summed E-state index contributed by atoms with van der Waals surface area (Å²) in [5, 5.41) is 4.53. The van der Waals surface area contributed by atoms with Gasteiger partial charge in [0.05, 0.1) is 10.9 Å². The number of sulfonamides is 1. The molecule has 0 spiro atoms. The number of hydrogen-bond acceptors (Lipinski definition) is 8. The number of benzene rings is 3. The lowest BCUT2D eigenvalue weighted by Crippen LogP contribution is -2.43. The third-order valence-corrected chi connectivity index (χ3v) is 8.36. The SMILES string of the molecule is NC(N)=NCCC[C@H](NC(=O)Cn1cccc(NS(=O)(=O)c2ccc3cc(Cl)ccc3c2)c1=O)C(=O)c1nc2ccccc2o1. The largest absolute Gasteiger partial charge is 0.434 e. The van der Waals surface area contributed by atoms with Crippen LogP contribution < -0.4 is 27.1 Å². The number of nitrogens with two attached hydrogens (primary N) is 2. The fraction of sp³-hybridized carbons (Fsp3) is 0.167. The van der Waals surface area contributed by atoms with Gasteiger partial charge >= 0.3 is 0 Å². The predicted molar refractivity (Wildman–Crippen MR) is 171 cm³/mol. The summed E-state index contributed by atoms with van der Waals surface area (Å²) in [4.78, 5) is 47.7. The van der Waals surface area contributed by atoms with Crippen LogP contribution in [0.5, 0.6) is 0 Å². The van der Waals surface area contributed by atoms with Crippen molar-refractivity contribution >= 4 is 66.8 Å². The highest BCUT2D eigenvalue weighted by atomic mass is 35.5. The Morgan fingerprint density at radius 2 is 1.78 bits per heavy atom. The van der Waals surface area contributed by atoms with E-state index >= 15 is 0 Å². The quantitative estimate of drug-likeness (QED) is 0.0677. The number of guanidine groups is 1. The molecule has 5 rings (SSSR count). The number of oxazole rings is 1. The van der Waals surface area contributed by atoms with Crippen molar-refractivity contribution in [3.63, 3.8) is 0 Å². The summed E-state index contributed by atoms with van der Waals surface area (Å²) in [6.45, 7) is -0.293. The monoisotopic (exact) mass is 649 g/mol. The van der Waals surface area contributed by atoms with Gasteiger partial charge in [0.1, 0.15) is 17.7 Å². The van der Waals surface area contributed by atoms with Crippen LogP contribution in [0.2, 0.25) is 5.02 Å². The number of rotatable bonds is 12. The van der Waals surface area contributed by atoms with Crippen LogP contribution >= 0.6 is 11.6 Å². The second kappa shape index (κ2) is 13.2. The second-order valence-electron chi connectivity index (χ2n) is 10.0. The van der Waals surface area contributed by atoms with Crippen molar-refractivity contribution < 1.29 is 22.4 Å². The zero-order chi connectivity index (χ0) is 32.1. The molecule has 0 saturated carbocycles. The summed E-state index contributed by atoms with van der Waals surface area (Å²) in [6, 6.07) is 18.0. The molecule has 0 unspecified atom stereocenters. The third-order valence-electron chi connectivity index (χ3n) is 6.76. The minimum Gasteiger partial charge on any atom is -0.434 e.